The fourth-order valence-electron chi connectivity index (χ4n) is 2.18. The van der Waals surface area contributed by atoms with Crippen molar-refractivity contribution in [3.63, 3.8) is 0 Å². The van der Waals surface area contributed by atoms with Crippen molar-refractivity contribution in [3.05, 3.63) is 54.0 Å². The molecule has 2 rings (SSSR count). The summed E-state index contributed by atoms with van der Waals surface area (Å²) < 4.78 is 1.78. The van der Waals surface area contributed by atoms with E-state index in [1.165, 1.54) is 0 Å². The number of pyridine rings is 1. The van der Waals surface area contributed by atoms with Crippen LogP contribution in [-0.2, 0) is 4.79 Å². The lowest BCUT2D eigenvalue weighted by Crippen LogP contribution is -2.25. The van der Waals surface area contributed by atoms with Gasteiger partial charge in [-0.3, -0.25) is 4.79 Å². The van der Waals surface area contributed by atoms with E-state index in [4.69, 9.17) is 0 Å². The zero-order chi connectivity index (χ0) is 16.1. The molecule has 1 N–H and O–H groups in total. The highest BCUT2D eigenvalue weighted by Gasteiger charge is 2.15. The molecule has 0 radical (unpaired) electrons. The van der Waals surface area contributed by atoms with Crippen molar-refractivity contribution in [2.75, 3.05) is 0 Å². The van der Waals surface area contributed by atoms with Gasteiger partial charge in [-0.05, 0) is 38.0 Å². The Morgan fingerprint density at radius 2 is 2.09 bits per heavy atom. The summed E-state index contributed by atoms with van der Waals surface area (Å²) in [5.41, 5.74) is 1.95. The Kier molecular flexibility index (Phi) is 5.09. The van der Waals surface area contributed by atoms with E-state index < -0.39 is 0 Å². The van der Waals surface area contributed by atoms with E-state index in [0.717, 1.165) is 17.1 Å². The predicted octanol–water partition coefficient (Wildman–Crippen LogP) is 2.97. The minimum Gasteiger partial charge on any atom is -0.346 e. The molecule has 0 aliphatic heterocycles. The number of aromatic nitrogens is 3. The molecule has 5 nitrogen and oxygen atoms in total. The Bertz CT molecular complexity index is 659. The van der Waals surface area contributed by atoms with Gasteiger partial charge in [-0.15, -0.1) is 0 Å². The summed E-state index contributed by atoms with van der Waals surface area (Å²) in [5, 5.41) is 7.33. The van der Waals surface area contributed by atoms with Crippen molar-refractivity contribution in [1.82, 2.24) is 20.1 Å². The second kappa shape index (κ2) is 7.02. The fraction of sp³-hybridized carbons (Fsp3) is 0.353. The Labute approximate surface area is 131 Å². The molecule has 1 atom stereocenters. The van der Waals surface area contributed by atoms with E-state index in [9.17, 15) is 4.79 Å². The van der Waals surface area contributed by atoms with Crippen LogP contribution >= 0.6 is 0 Å². The van der Waals surface area contributed by atoms with Crippen molar-refractivity contribution in [1.29, 1.82) is 0 Å². The van der Waals surface area contributed by atoms with Crippen LogP contribution in [0.25, 0.3) is 5.82 Å². The third-order valence-corrected chi connectivity index (χ3v) is 3.37. The summed E-state index contributed by atoms with van der Waals surface area (Å²) in [6, 6.07) is 5.58. The van der Waals surface area contributed by atoms with Gasteiger partial charge in [0.1, 0.15) is 0 Å². The van der Waals surface area contributed by atoms with Crippen LogP contribution in [0.4, 0.5) is 0 Å². The molecule has 2 aromatic heterocycles. The van der Waals surface area contributed by atoms with E-state index in [-0.39, 0.29) is 11.9 Å². The number of allylic oxidation sites excluding steroid dienone is 1. The van der Waals surface area contributed by atoms with Crippen molar-refractivity contribution in [3.8, 4) is 5.82 Å². The first kappa shape index (κ1) is 15.9. The van der Waals surface area contributed by atoms with Crippen LogP contribution in [0.1, 0.15) is 38.1 Å². The molecule has 0 unspecified atom stereocenters. The monoisotopic (exact) mass is 298 g/mol. The lowest BCUT2D eigenvalue weighted by atomic mass is 10.1. The second-order valence-electron chi connectivity index (χ2n) is 5.62. The normalized spacial score (nSPS) is 12.8. The lowest BCUT2D eigenvalue weighted by Gasteiger charge is -2.12. The average Bonchev–Trinajstić information content (AvgIpc) is 2.88. The van der Waals surface area contributed by atoms with Gasteiger partial charge in [-0.1, -0.05) is 26.0 Å². The van der Waals surface area contributed by atoms with Crippen molar-refractivity contribution < 1.29 is 4.79 Å². The van der Waals surface area contributed by atoms with E-state index in [1.807, 2.05) is 52.0 Å². The number of hydrogen-bond acceptors (Lipinski definition) is 3. The van der Waals surface area contributed by atoms with Gasteiger partial charge in [-0.2, -0.15) is 5.10 Å². The molecule has 0 aliphatic rings. The first-order valence-corrected chi connectivity index (χ1v) is 7.43. The number of amides is 1. The molecule has 2 aromatic rings. The molecule has 116 valence electrons. The highest BCUT2D eigenvalue weighted by atomic mass is 16.1. The third-order valence-electron chi connectivity index (χ3n) is 3.37. The van der Waals surface area contributed by atoms with Gasteiger partial charge in [0.15, 0.2) is 5.82 Å². The van der Waals surface area contributed by atoms with Crippen LogP contribution in [0.5, 0.6) is 0 Å². The standard InChI is InChI=1S/C17H22N4O/c1-12(2)8-9-17(22)20-13(3)15-11-19-21(14(15)4)16-7-5-6-10-18-16/h5-13H,1-4H3,(H,20,22)/b9-8+/t13-/m0/s1. The van der Waals surface area contributed by atoms with Gasteiger partial charge in [0.25, 0.3) is 0 Å². The van der Waals surface area contributed by atoms with E-state index in [0.29, 0.717) is 5.92 Å². The number of nitrogens with zero attached hydrogens (tertiary/aromatic N) is 3. The van der Waals surface area contributed by atoms with Gasteiger partial charge in [-0.25, -0.2) is 9.67 Å². The largest absolute Gasteiger partial charge is 0.346 e. The highest BCUT2D eigenvalue weighted by Crippen LogP contribution is 2.19. The zero-order valence-electron chi connectivity index (χ0n) is 13.4. The van der Waals surface area contributed by atoms with Gasteiger partial charge < -0.3 is 5.32 Å². The average molecular weight is 298 g/mol. The molecule has 0 aliphatic carbocycles. The smallest absolute Gasteiger partial charge is 0.244 e. The maximum atomic E-state index is 11.9. The molecule has 2 heterocycles. The minimum atomic E-state index is -0.109. The van der Waals surface area contributed by atoms with Crippen molar-refractivity contribution in [2.45, 2.75) is 33.7 Å². The maximum Gasteiger partial charge on any atom is 0.244 e. The molecular formula is C17H22N4O. The predicted molar refractivity (Wildman–Crippen MR) is 86.6 cm³/mol. The van der Waals surface area contributed by atoms with Crippen LogP contribution in [0.2, 0.25) is 0 Å². The Morgan fingerprint density at radius 3 is 2.73 bits per heavy atom. The number of carbonyl (C=O) groups is 1. The second-order valence-corrected chi connectivity index (χ2v) is 5.62. The first-order valence-electron chi connectivity index (χ1n) is 7.43. The van der Waals surface area contributed by atoms with Crippen molar-refractivity contribution in [2.24, 2.45) is 5.92 Å². The quantitative estimate of drug-likeness (QED) is 0.863. The van der Waals surface area contributed by atoms with Crippen LogP contribution in [-0.4, -0.2) is 20.7 Å². The molecule has 0 fully saturated rings. The van der Waals surface area contributed by atoms with Crippen molar-refractivity contribution >= 4 is 5.91 Å². The van der Waals surface area contributed by atoms with Crippen LogP contribution in [0, 0.1) is 12.8 Å². The van der Waals surface area contributed by atoms with E-state index in [2.05, 4.69) is 15.4 Å². The summed E-state index contributed by atoms with van der Waals surface area (Å²) in [6.45, 7) is 8.00. The first-order chi connectivity index (χ1) is 10.5. The van der Waals surface area contributed by atoms with Gasteiger partial charge in [0.2, 0.25) is 5.91 Å². The molecule has 0 bridgehead atoms. The van der Waals surface area contributed by atoms with E-state index in [1.54, 1.807) is 23.2 Å². The number of nitrogens with one attached hydrogen (secondary N) is 1. The van der Waals surface area contributed by atoms with Crippen LogP contribution < -0.4 is 5.32 Å². The lowest BCUT2D eigenvalue weighted by molar-refractivity contribution is -0.117. The summed E-state index contributed by atoms with van der Waals surface area (Å²) in [5.74, 6) is 1.03. The molecular weight excluding hydrogens is 276 g/mol. The summed E-state index contributed by atoms with van der Waals surface area (Å²) >= 11 is 0. The third kappa shape index (κ3) is 3.81. The summed E-state index contributed by atoms with van der Waals surface area (Å²) in [7, 11) is 0. The van der Waals surface area contributed by atoms with Gasteiger partial charge in [0, 0.05) is 17.5 Å². The molecule has 0 spiro atoms. The van der Waals surface area contributed by atoms with Crippen LogP contribution in [0.3, 0.4) is 0 Å². The Hall–Kier alpha value is -2.43. The molecule has 1 amide bonds. The highest BCUT2D eigenvalue weighted by molar-refractivity contribution is 5.87. The number of rotatable bonds is 5. The number of hydrogen-bond donors (Lipinski definition) is 1. The molecule has 0 saturated carbocycles. The van der Waals surface area contributed by atoms with Gasteiger partial charge in [0.05, 0.1) is 12.2 Å². The topological polar surface area (TPSA) is 59.8 Å². The molecule has 22 heavy (non-hydrogen) atoms. The molecule has 5 heteroatoms. The Morgan fingerprint density at radius 1 is 1.32 bits per heavy atom. The van der Waals surface area contributed by atoms with Gasteiger partial charge >= 0.3 is 0 Å². The molecule has 0 saturated heterocycles. The van der Waals surface area contributed by atoms with Crippen LogP contribution in [0.15, 0.2) is 42.7 Å². The number of carbonyl (C=O) groups excluding carboxylic acids is 1. The summed E-state index contributed by atoms with van der Waals surface area (Å²) in [4.78, 5) is 16.2. The summed E-state index contributed by atoms with van der Waals surface area (Å²) in [6.07, 6.45) is 6.98. The van der Waals surface area contributed by atoms with E-state index >= 15 is 0 Å². The Balaban J connectivity index is 2.13. The maximum absolute atomic E-state index is 11.9. The SMILES string of the molecule is Cc1c([C@H](C)NC(=O)/C=C/C(C)C)cnn1-c1ccccn1. The molecule has 0 aromatic carbocycles. The minimum absolute atomic E-state index is 0.0915. The zero-order valence-corrected chi connectivity index (χ0v) is 13.4. The fourth-order valence-corrected chi connectivity index (χ4v) is 2.18.